The number of hydrogen-bond donors (Lipinski definition) is 0. The van der Waals surface area contributed by atoms with Gasteiger partial charge in [0.2, 0.25) is 0 Å². The lowest BCUT2D eigenvalue weighted by molar-refractivity contribution is -0.280. The summed E-state index contributed by atoms with van der Waals surface area (Å²) >= 11 is 0. The van der Waals surface area contributed by atoms with Gasteiger partial charge in [0.05, 0.1) is 13.2 Å². The van der Waals surface area contributed by atoms with Gasteiger partial charge in [0.25, 0.3) is 0 Å². The summed E-state index contributed by atoms with van der Waals surface area (Å²) in [6.07, 6.45) is -5.96. The van der Waals surface area contributed by atoms with Gasteiger partial charge < -0.3 is 9.47 Å². The molecular weight excluding hydrogens is 287 g/mol. The molecule has 0 amide bonds. The Labute approximate surface area is 111 Å². The Hall–Kier alpha value is -1.86. The molecule has 0 aliphatic carbocycles. The van der Waals surface area contributed by atoms with Crippen LogP contribution in [-0.4, -0.2) is 31.3 Å². The van der Waals surface area contributed by atoms with Gasteiger partial charge in [0.15, 0.2) is 0 Å². The summed E-state index contributed by atoms with van der Waals surface area (Å²) in [5.74, 6) is -7.59. The number of hydrogen-bond acceptors (Lipinski definition) is 3. The van der Waals surface area contributed by atoms with Crippen molar-refractivity contribution in [2.24, 2.45) is 0 Å². The van der Waals surface area contributed by atoms with Gasteiger partial charge in [-0.1, -0.05) is 18.2 Å². The Morgan fingerprint density at radius 2 is 1.60 bits per heavy atom. The molecule has 0 saturated carbocycles. The van der Waals surface area contributed by atoms with Gasteiger partial charge in [-0.25, -0.2) is 4.79 Å². The van der Waals surface area contributed by atoms with E-state index < -0.39 is 24.7 Å². The second-order valence-electron chi connectivity index (χ2n) is 3.72. The second kappa shape index (κ2) is 6.53. The molecule has 0 aliphatic rings. The van der Waals surface area contributed by atoms with Crippen LogP contribution in [-0.2, 0) is 9.53 Å². The molecule has 0 bridgehead atoms. The summed E-state index contributed by atoms with van der Waals surface area (Å²) in [5, 5.41) is 0. The number of ether oxygens (including phenoxy) is 2. The SMILES string of the molecule is O=C(OCCCOc1ccccc1)C(F)(F)C(F)(F)F. The summed E-state index contributed by atoms with van der Waals surface area (Å²) < 4.78 is 69.4. The van der Waals surface area contributed by atoms with Gasteiger partial charge in [-0.2, -0.15) is 22.0 Å². The second-order valence-corrected chi connectivity index (χ2v) is 3.72. The van der Waals surface area contributed by atoms with Crippen molar-refractivity contribution in [3.05, 3.63) is 30.3 Å². The number of alkyl halides is 5. The van der Waals surface area contributed by atoms with E-state index in [2.05, 4.69) is 4.74 Å². The highest BCUT2D eigenvalue weighted by molar-refractivity contribution is 5.78. The Morgan fingerprint density at radius 1 is 1.00 bits per heavy atom. The fourth-order valence-electron chi connectivity index (χ4n) is 1.14. The lowest BCUT2D eigenvalue weighted by Crippen LogP contribution is -2.45. The molecule has 112 valence electrons. The summed E-state index contributed by atoms with van der Waals surface area (Å²) in [5.41, 5.74) is 0. The van der Waals surface area contributed by atoms with Crippen molar-refractivity contribution in [1.29, 1.82) is 0 Å². The molecule has 1 aromatic rings. The minimum atomic E-state index is -5.95. The molecule has 0 N–H and O–H groups in total. The van der Waals surface area contributed by atoms with Crippen molar-refractivity contribution < 1.29 is 36.2 Å². The highest BCUT2D eigenvalue weighted by atomic mass is 19.4. The number of benzene rings is 1. The molecule has 8 heteroatoms. The standard InChI is InChI=1S/C12H11F5O3/c13-11(14,12(15,16)17)10(18)20-8-4-7-19-9-5-2-1-3-6-9/h1-3,5-6H,4,7-8H2. The molecule has 0 atom stereocenters. The molecule has 0 saturated heterocycles. The fourth-order valence-corrected chi connectivity index (χ4v) is 1.14. The van der Waals surface area contributed by atoms with Crippen molar-refractivity contribution in [1.82, 2.24) is 0 Å². The summed E-state index contributed by atoms with van der Waals surface area (Å²) in [7, 11) is 0. The maximum absolute atomic E-state index is 12.5. The summed E-state index contributed by atoms with van der Waals surface area (Å²) in [4.78, 5) is 10.6. The van der Waals surface area contributed by atoms with Crippen LogP contribution >= 0.6 is 0 Å². The highest BCUT2D eigenvalue weighted by Gasteiger charge is 2.64. The largest absolute Gasteiger partial charge is 0.493 e. The van der Waals surface area contributed by atoms with E-state index >= 15 is 0 Å². The van der Waals surface area contributed by atoms with Crippen LogP contribution in [0.4, 0.5) is 22.0 Å². The number of para-hydroxylation sites is 1. The highest BCUT2D eigenvalue weighted by Crippen LogP contribution is 2.36. The van der Waals surface area contributed by atoms with Gasteiger partial charge in [0, 0.05) is 6.42 Å². The van der Waals surface area contributed by atoms with E-state index in [1.54, 1.807) is 30.3 Å². The average molecular weight is 298 g/mol. The van der Waals surface area contributed by atoms with Gasteiger partial charge in [0.1, 0.15) is 5.75 Å². The first-order valence-corrected chi connectivity index (χ1v) is 5.55. The number of rotatable bonds is 6. The zero-order chi connectivity index (χ0) is 15.2. The van der Waals surface area contributed by atoms with Crippen LogP contribution < -0.4 is 4.74 Å². The third-order valence-electron chi connectivity index (χ3n) is 2.15. The molecule has 0 aliphatic heterocycles. The molecular formula is C12H11F5O3. The molecule has 0 aromatic heterocycles. The fraction of sp³-hybridized carbons (Fsp3) is 0.417. The van der Waals surface area contributed by atoms with Crippen LogP contribution in [0, 0.1) is 0 Å². The quantitative estimate of drug-likeness (QED) is 0.459. The maximum atomic E-state index is 12.5. The molecule has 3 nitrogen and oxygen atoms in total. The topological polar surface area (TPSA) is 35.5 Å². The lowest BCUT2D eigenvalue weighted by atomic mass is 10.3. The molecule has 20 heavy (non-hydrogen) atoms. The first kappa shape index (κ1) is 16.2. The minimum absolute atomic E-state index is 0.00539. The summed E-state index contributed by atoms with van der Waals surface area (Å²) in [6.45, 7) is -0.563. The number of carbonyl (C=O) groups excluding carboxylic acids is 1. The predicted octanol–water partition coefficient (Wildman–Crippen LogP) is 3.20. The molecule has 1 rings (SSSR count). The molecule has 0 radical (unpaired) electrons. The van der Waals surface area contributed by atoms with Crippen LogP contribution in [0.25, 0.3) is 0 Å². The van der Waals surface area contributed by atoms with Crippen LogP contribution in [0.2, 0.25) is 0 Å². The zero-order valence-corrected chi connectivity index (χ0v) is 10.1. The van der Waals surface area contributed by atoms with E-state index in [0.29, 0.717) is 5.75 Å². The van der Waals surface area contributed by atoms with E-state index in [4.69, 9.17) is 4.74 Å². The van der Waals surface area contributed by atoms with Crippen molar-refractivity contribution in [2.75, 3.05) is 13.2 Å². The average Bonchev–Trinajstić information content (AvgIpc) is 2.38. The molecule has 1 aromatic carbocycles. The van der Waals surface area contributed by atoms with E-state index in [1.165, 1.54) is 0 Å². The Bertz CT molecular complexity index is 430. The first-order valence-electron chi connectivity index (χ1n) is 5.55. The number of halogens is 5. The molecule has 0 heterocycles. The third kappa shape index (κ3) is 4.36. The maximum Gasteiger partial charge on any atom is 0.465 e. The molecule has 0 unspecified atom stereocenters. The van der Waals surface area contributed by atoms with E-state index in [0.717, 1.165) is 0 Å². The molecule has 0 fully saturated rings. The van der Waals surface area contributed by atoms with E-state index in [-0.39, 0.29) is 13.0 Å². The Balaban J connectivity index is 2.26. The van der Waals surface area contributed by atoms with Crippen molar-refractivity contribution >= 4 is 5.97 Å². The van der Waals surface area contributed by atoms with Crippen molar-refractivity contribution in [3.63, 3.8) is 0 Å². The lowest BCUT2D eigenvalue weighted by Gasteiger charge is -2.17. The Kier molecular flexibility index (Phi) is 5.29. The number of carbonyl (C=O) groups is 1. The Morgan fingerprint density at radius 3 is 2.15 bits per heavy atom. The van der Waals surface area contributed by atoms with Crippen LogP contribution in [0.1, 0.15) is 6.42 Å². The first-order chi connectivity index (χ1) is 9.25. The van der Waals surface area contributed by atoms with Gasteiger partial charge in [-0.05, 0) is 12.1 Å². The van der Waals surface area contributed by atoms with Gasteiger partial charge >= 0.3 is 18.1 Å². The van der Waals surface area contributed by atoms with Crippen LogP contribution in [0.5, 0.6) is 5.75 Å². The third-order valence-corrected chi connectivity index (χ3v) is 2.15. The van der Waals surface area contributed by atoms with Crippen molar-refractivity contribution in [2.45, 2.75) is 18.5 Å². The molecule has 0 spiro atoms. The minimum Gasteiger partial charge on any atom is -0.493 e. The van der Waals surface area contributed by atoms with E-state index in [9.17, 15) is 26.7 Å². The summed E-state index contributed by atoms with van der Waals surface area (Å²) in [6, 6.07) is 8.46. The van der Waals surface area contributed by atoms with Gasteiger partial charge in [-0.3, -0.25) is 0 Å². The van der Waals surface area contributed by atoms with Crippen LogP contribution in [0.15, 0.2) is 30.3 Å². The predicted molar refractivity (Wildman–Crippen MR) is 58.5 cm³/mol. The van der Waals surface area contributed by atoms with Crippen molar-refractivity contribution in [3.8, 4) is 5.75 Å². The van der Waals surface area contributed by atoms with Gasteiger partial charge in [-0.15, -0.1) is 0 Å². The van der Waals surface area contributed by atoms with Crippen LogP contribution in [0.3, 0.4) is 0 Å². The smallest absolute Gasteiger partial charge is 0.465 e. The number of esters is 1. The monoisotopic (exact) mass is 298 g/mol. The normalized spacial score (nSPS) is 12.1. The zero-order valence-electron chi connectivity index (χ0n) is 10.1. The van der Waals surface area contributed by atoms with E-state index in [1.807, 2.05) is 0 Å².